The van der Waals surface area contributed by atoms with Crippen LogP contribution in [0.2, 0.25) is 0 Å². The number of aromatic hydroxyl groups is 1. The predicted octanol–water partition coefficient (Wildman–Crippen LogP) is 4.02. The van der Waals surface area contributed by atoms with E-state index in [1.807, 2.05) is 42.1 Å². The van der Waals surface area contributed by atoms with Crippen LogP contribution in [0.4, 0.5) is 0 Å². The van der Waals surface area contributed by atoms with Crippen LogP contribution in [0, 0.1) is 0 Å². The average Bonchev–Trinajstić information content (AvgIpc) is 2.79. The molecule has 0 amide bonds. The number of ether oxygens (including phenoxy) is 1. The maximum absolute atomic E-state index is 9.73. The molecular weight excluding hydrogens is 326 g/mol. The van der Waals surface area contributed by atoms with E-state index in [1.165, 1.54) is 4.90 Å². The van der Waals surface area contributed by atoms with Gasteiger partial charge in [0.05, 0.1) is 6.04 Å². The van der Waals surface area contributed by atoms with Crippen molar-refractivity contribution in [2.45, 2.75) is 22.3 Å². The molecule has 5 heteroatoms. The van der Waals surface area contributed by atoms with Crippen molar-refractivity contribution in [3.8, 4) is 11.5 Å². The molecule has 2 aromatic carbocycles. The Morgan fingerprint density at radius 2 is 2.00 bits per heavy atom. The minimum absolute atomic E-state index is 0.372. The first kappa shape index (κ1) is 16.6. The van der Waals surface area contributed by atoms with E-state index in [2.05, 4.69) is 17.4 Å². The van der Waals surface area contributed by atoms with Gasteiger partial charge in [-0.3, -0.25) is 0 Å². The summed E-state index contributed by atoms with van der Waals surface area (Å²) < 4.78 is 5.88. The zero-order chi connectivity index (χ0) is 15.9. The molecule has 2 N–H and O–H groups in total. The van der Waals surface area contributed by atoms with Crippen LogP contribution < -0.4 is 10.1 Å². The van der Waals surface area contributed by atoms with E-state index in [-0.39, 0.29) is 0 Å². The third kappa shape index (κ3) is 4.83. The van der Waals surface area contributed by atoms with E-state index in [4.69, 9.17) is 4.74 Å². The van der Waals surface area contributed by atoms with Crippen molar-refractivity contribution in [2.75, 3.05) is 24.7 Å². The number of hydrogen-bond donors (Lipinski definition) is 2. The Labute approximate surface area is 145 Å². The fourth-order valence-electron chi connectivity index (χ4n) is 2.38. The van der Waals surface area contributed by atoms with Crippen LogP contribution in [0.25, 0.3) is 0 Å². The summed E-state index contributed by atoms with van der Waals surface area (Å²) in [6, 6.07) is 16.1. The smallest absolute Gasteiger partial charge is 0.132 e. The lowest BCUT2D eigenvalue weighted by atomic mass is 10.3. The fraction of sp³-hybridized carbons (Fsp3) is 0.333. The number of thioether (sulfide) groups is 2. The zero-order valence-electron chi connectivity index (χ0n) is 12.9. The SMILES string of the molecule is Oc1ccccc1SCCCNC1COc2ccccc2SC1. The number of para-hydroxylation sites is 2. The molecule has 0 aliphatic carbocycles. The predicted molar refractivity (Wildman–Crippen MR) is 97.9 cm³/mol. The monoisotopic (exact) mass is 347 g/mol. The highest BCUT2D eigenvalue weighted by molar-refractivity contribution is 7.99. The van der Waals surface area contributed by atoms with Gasteiger partial charge in [-0.1, -0.05) is 24.3 Å². The summed E-state index contributed by atoms with van der Waals surface area (Å²) >= 11 is 3.56. The van der Waals surface area contributed by atoms with E-state index in [9.17, 15) is 5.11 Å². The van der Waals surface area contributed by atoms with Gasteiger partial charge in [0.1, 0.15) is 18.1 Å². The van der Waals surface area contributed by atoms with Gasteiger partial charge in [-0.25, -0.2) is 0 Å². The number of benzene rings is 2. The Morgan fingerprint density at radius 3 is 2.91 bits per heavy atom. The Hall–Kier alpha value is -1.30. The van der Waals surface area contributed by atoms with Gasteiger partial charge in [-0.05, 0) is 43.0 Å². The summed E-state index contributed by atoms with van der Waals surface area (Å²) in [5.41, 5.74) is 0. The topological polar surface area (TPSA) is 41.5 Å². The van der Waals surface area contributed by atoms with E-state index in [0.717, 1.165) is 41.7 Å². The van der Waals surface area contributed by atoms with Crippen LogP contribution in [0.15, 0.2) is 58.3 Å². The molecule has 1 heterocycles. The number of phenolic OH excluding ortho intramolecular Hbond substituents is 1. The van der Waals surface area contributed by atoms with Gasteiger partial charge in [0.15, 0.2) is 0 Å². The minimum atomic E-state index is 0.372. The average molecular weight is 348 g/mol. The Morgan fingerprint density at radius 1 is 1.17 bits per heavy atom. The molecule has 0 saturated heterocycles. The zero-order valence-corrected chi connectivity index (χ0v) is 14.5. The standard InChI is InChI=1S/C18H21NO2S2/c20-15-6-1-3-8-17(15)22-11-5-10-19-14-12-21-16-7-2-4-9-18(16)23-13-14/h1-4,6-9,14,19-20H,5,10-13H2. The molecule has 122 valence electrons. The van der Waals surface area contributed by atoms with E-state index in [0.29, 0.717) is 11.8 Å². The molecule has 0 fully saturated rings. The van der Waals surface area contributed by atoms with Crippen LogP contribution in [0.3, 0.4) is 0 Å². The molecule has 1 unspecified atom stereocenters. The van der Waals surface area contributed by atoms with Gasteiger partial charge >= 0.3 is 0 Å². The summed E-state index contributed by atoms with van der Waals surface area (Å²) in [4.78, 5) is 2.18. The first-order valence-electron chi connectivity index (χ1n) is 7.82. The molecule has 1 aliphatic heterocycles. The van der Waals surface area contributed by atoms with Gasteiger partial charge < -0.3 is 15.2 Å². The van der Waals surface area contributed by atoms with Crippen LogP contribution in [-0.4, -0.2) is 35.8 Å². The Bertz CT molecular complexity index is 609. The molecule has 0 saturated carbocycles. The molecule has 3 nitrogen and oxygen atoms in total. The van der Waals surface area contributed by atoms with Crippen LogP contribution in [-0.2, 0) is 0 Å². The second-order valence-electron chi connectivity index (χ2n) is 5.39. The van der Waals surface area contributed by atoms with Crippen LogP contribution in [0.1, 0.15) is 6.42 Å². The number of fused-ring (bicyclic) bond motifs is 1. The largest absolute Gasteiger partial charge is 0.507 e. The van der Waals surface area contributed by atoms with E-state index >= 15 is 0 Å². The lowest BCUT2D eigenvalue weighted by Crippen LogP contribution is -2.36. The third-order valence-corrected chi connectivity index (χ3v) is 5.97. The van der Waals surface area contributed by atoms with Crippen LogP contribution >= 0.6 is 23.5 Å². The molecule has 3 rings (SSSR count). The van der Waals surface area contributed by atoms with Crippen molar-refractivity contribution < 1.29 is 9.84 Å². The summed E-state index contributed by atoms with van der Waals surface area (Å²) in [5.74, 6) is 3.39. The molecule has 0 aromatic heterocycles. The fourth-order valence-corrected chi connectivity index (χ4v) is 4.31. The molecule has 0 radical (unpaired) electrons. The number of rotatable bonds is 6. The van der Waals surface area contributed by atoms with Crippen LogP contribution in [0.5, 0.6) is 11.5 Å². The summed E-state index contributed by atoms with van der Waals surface area (Å²) in [5, 5.41) is 13.3. The first-order valence-corrected chi connectivity index (χ1v) is 9.79. The van der Waals surface area contributed by atoms with Gasteiger partial charge in [0.2, 0.25) is 0 Å². The minimum Gasteiger partial charge on any atom is -0.507 e. The molecule has 1 atom stereocenters. The second kappa shape index (κ2) is 8.52. The number of phenols is 1. The third-order valence-electron chi connectivity index (χ3n) is 3.61. The Balaban J connectivity index is 1.36. The molecular formula is C18H21NO2S2. The van der Waals surface area contributed by atoms with Gasteiger partial charge in [-0.2, -0.15) is 0 Å². The summed E-state index contributed by atoms with van der Waals surface area (Å²) in [7, 11) is 0. The lowest BCUT2D eigenvalue weighted by molar-refractivity contribution is 0.274. The van der Waals surface area contributed by atoms with E-state index in [1.54, 1.807) is 17.8 Å². The van der Waals surface area contributed by atoms with Crippen molar-refractivity contribution in [1.82, 2.24) is 5.32 Å². The maximum atomic E-state index is 9.73. The quantitative estimate of drug-likeness (QED) is 0.610. The van der Waals surface area contributed by atoms with Crippen molar-refractivity contribution in [3.05, 3.63) is 48.5 Å². The van der Waals surface area contributed by atoms with Gasteiger partial charge in [0.25, 0.3) is 0 Å². The van der Waals surface area contributed by atoms with Crippen molar-refractivity contribution in [2.24, 2.45) is 0 Å². The molecule has 2 aromatic rings. The normalized spacial score (nSPS) is 17.1. The summed E-state index contributed by atoms with van der Waals surface area (Å²) in [6.45, 7) is 1.68. The number of nitrogens with one attached hydrogen (secondary N) is 1. The summed E-state index contributed by atoms with van der Waals surface area (Å²) in [6.07, 6.45) is 1.06. The lowest BCUT2D eigenvalue weighted by Gasteiger charge is -2.15. The maximum Gasteiger partial charge on any atom is 0.132 e. The van der Waals surface area contributed by atoms with Crippen molar-refractivity contribution >= 4 is 23.5 Å². The van der Waals surface area contributed by atoms with Gasteiger partial charge in [-0.15, -0.1) is 23.5 Å². The molecule has 0 spiro atoms. The Kier molecular flexibility index (Phi) is 6.13. The molecule has 0 bridgehead atoms. The van der Waals surface area contributed by atoms with Gasteiger partial charge in [0, 0.05) is 15.5 Å². The highest BCUT2D eigenvalue weighted by Gasteiger charge is 2.16. The number of hydrogen-bond acceptors (Lipinski definition) is 5. The highest BCUT2D eigenvalue weighted by Crippen LogP contribution is 2.32. The highest BCUT2D eigenvalue weighted by atomic mass is 32.2. The van der Waals surface area contributed by atoms with Crippen molar-refractivity contribution in [3.63, 3.8) is 0 Å². The molecule has 1 aliphatic rings. The van der Waals surface area contributed by atoms with Crippen molar-refractivity contribution in [1.29, 1.82) is 0 Å². The van der Waals surface area contributed by atoms with E-state index < -0.39 is 0 Å². The molecule has 23 heavy (non-hydrogen) atoms. The first-order chi connectivity index (χ1) is 11.3. The second-order valence-corrected chi connectivity index (χ2v) is 7.59.